The largest absolute Gasteiger partial charge is 0.382 e. The molecular weight excluding hydrogens is 222 g/mol. The maximum Gasteiger partial charge on any atom is 0.0373 e. The molecule has 1 saturated carbocycles. The molecule has 0 saturated heterocycles. The predicted molar refractivity (Wildman–Crippen MR) is 79.3 cm³/mol. The minimum absolute atomic E-state index is 0.555. The van der Waals surface area contributed by atoms with Crippen LogP contribution in [0.15, 0.2) is 18.2 Å². The van der Waals surface area contributed by atoms with E-state index in [1.807, 2.05) is 0 Å². The molecule has 3 heteroatoms. The van der Waals surface area contributed by atoms with Gasteiger partial charge in [-0.3, -0.25) is 0 Å². The van der Waals surface area contributed by atoms with Crippen LogP contribution >= 0.6 is 0 Å². The fourth-order valence-corrected chi connectivity index (χ4v) is 2.80. The molecule has 0 aliphatic heterocycles. The van der Waals surface area contributed by atoms with Crippen LogP contribution in [0.3, 0.4) is 0 Å². The summed E-state index contributed by atoms with van der Waals surface area (Å²) in [6.45, 7) is 2.97. The lowest BCUT2D eigenvalue weighted by molar-refractivity contribution is 0.516. The number of rotatable bonds is 4. The van der Waals surface area contributed by atoms with Crippen molar-refractivity contribution in [3.8, 4) is 0 Å². The number of nitrogens with zero attached hydrogens (tertiary/aromatic N) is 1. The fraction of sp³-hybridized carbons (Fsp3) is 0.600. The van der Waals surface area contributed by atoms with Gasteiger partial charge in [0.2, 0.25) is 0 Å². The summed E-state index contributed by atoms with van der Waals surface area (Å²) in [5.41, 5.74) is 9.65. The fourth-order valence-electron chi connectivity index (χ4n) is 2.80. The van der Waals surface area contributed by atoms with Crippen molar-refractivity contribution < 1.29 is 0 Å². The zero-order chi connectivity index (χ0) is 13.1. The van der Waals surface area contributed by atoms with Gasteiger partial charge in [0.25, 0.3) is 0 Å². The molecule has 0 aromatic heterocycles. The number of hydrogen-bond acceptors (Lipinski definition) is 3. The van der Waals surface area contributed by atoms with Crippen LogP contribution in [-0.2, 0) is 0 Å². The Bertz CT molecular complexity index is 401. The van der Waals surface area contributed by atoms with Gasteiger partial charge in [-0.15, -0.1) is 0 Å². The van der Waals surface area contributed by atoms with Gasteiger partial charge in [-0.25, -0.2) is 0 Å². The van der Waals surface area contributed by atoms with Crippen LogP contribution in [0.5, 0.6) is 0 Å². The van der Waals surface area contributed by atoms with Crippen molar-refractivity contribution >= 4 is 11.4 Å². The van der Waals surface area contributed by atoms with E-state index < -0.39 is 0 Å². The minimum atomic E-state index is 0.555. The first-order valence-electron chi connectivity index (χ1n) is 6.86. The summed E-state index contributed by atoms with van der Waals surface area (Å²) in [4.78, 5) is 2.13. The smallest absolute Gasteiger partial charge is 0.0373 e. The maximum absolute atomic E-state index is 5.83. The first kappa shape index (κ1) is 13.2. The van der Waals surface area contributed by atoms with Crippen molar-refractivity contribution in [3.63, 3.8) is 0 Å². The van der Waals surface area contributed by atoms with Crippen LogP contribution in [0.1, 0.15) is 24.8 Å². The summed E-state index contributed by atoms with van der Waals surface area (Å²) >= 11 is 0. The van der Waals surface area contributed by atoms with Gasteiger partial charge in [0.1, 0.15) is 0 Å². The lowest BCUT2D eigenvalue weighted by Gasteiger charge is -2.23. The van der Waals surface area contributed by atoms with Gasteiger partial charge in [0.15, 0.2) is 0 Å². The molecular formula is C15H25N3. The summed E-state index contributed by atoms with van der Waals surface area (Å²) in [5, 5.41) is 3.68. The summed E-state index contributed by atoms with van der Waals surface area (Å²) in [6, 6.07) is 7.14. The van der Waals surface area contributed by atoms with E-state index in [1.54, 1.807) is 0 Å². The van der Waals surface area contributed by atoms with Crippen molar-refractivity contribution in [2.24, 2.45) is 11.7 Å². The van der Waals surface area contributed by atoms with E-state index >= 15 is 0 Å². The van der Waals surface area contributed by atoms with E-state index in [0.29, 0.717) is 12.0 Å². The molecule has 3 N–H and O–H groups in total. The molecule has 1 aliphatic rings. The third-order valence-corrected chi connectivity index (χ3v) is 4.03. The zero-order valence-corrected chi connectivity index (χ0v) is 11.7. The van der Waals surface area contributed by atoms with E-state index in [4.69, 9.17) is 5.73 Å². The van der Waals surface area contributed by atoms with Crippen molar-refractivity contribution in [3.05, 3.63) is 23.8 Å². The Morgan fingerprint density at radius 1 is 1.33 bits per heavy atom. The Hall–Kier alpha value is -1.22. The topological polar surface area (TPSA) is 41.3 Å². The molecule has 100 valence electrons. The summed E-state index contributed by atoms with van der Waals surface area (Å²) in [6.07, 6.45) is 3.81. The first-order chi connectivity index (χ1) is 8.61. The number of hydrogen-bond donors (Lipinski definition) is 2. The molecule has 1 aliphatic carbocycles. The minimum Gasteiger partial charge on any atom is -0.382 e. The Kier molecular flexibility index (Phi) is 4.12. The Labute approximate surface area is 110 Å². The van der Waals surface area contributed by atoms with E-state index in [2.05, 4.69) is 49.4 Å². The lowest BCUT2D eigenvalue weighted by Crippen LogP contribution is -2.29. The monoisotopic (exact) mass is 247 g/mol. The second-order valence-corrected chi connectivity index (χ2v) is 5.57. The van der Waals surface area contributed by atoms with Gasteiger partial charge in [-0.05, 0) is 56.0 Å². The van der Waals surface area contributed by atoms with Crippen LogP contribution in [0.2, 0.25) is 0 Å². The molecule has 2 atom stereocenters. The molecule has 1 aromatic rings. The Balaban J connectivity index is 2.09. The molecule has 0 bridgehead atoms. The summed E-state index contributed by atoms with van der Waals surface area (Å²) in [7, 11) is 4.15. The molecule has 0 radical (unpaired) electrons. The van der Waals surface area contributed by atoms with Crippen LogP contribution in [0.4, 0.5) is 11.4 Å². The molecule has 0 heterocycles. The number of nitrogens with one attached hydrogen (secondary N) is 1. The quantitative estimate of drug-likeness (QED) is 0.859. The van der Waals surface area contributed by atoms with Crippen LogP contribution < -0.4 is 16.0 Å². The van der Waals surface area contributed by atoms with Crippen molar-refractivity contribution in [1.29, 1.82) is 0 Å². The lowest BCUT2D eigenvalue weighted by atomic mass is 10.0. The van der Waals surface area contributed by atoms with Crippen LogP contribution in [-0.4, -0.2) is 26.7 Å². The number of benzene rings is 1. The Morgan fingerprint density at radius 3 is 2.72 bits per heavy atom. The second-order valence-electron chi connectivity index (χ2n) is 5.57. The molecule has 1 aromatic carbocycles. The molecule has 3 nitrogen and oxygen atoms in total. The predicted octanol–water partition coefficient (Wildman–Crippen LogP) is 2.60. The molecule has 2 rings (SSSR count). The van der Waals surface area contributed by atoms with Gasteiger partial charge in [0, 0.05) is 31.5 Å². The average molecular weight is 247 g/mol. The highest BCUT2D eigenvalue weighted by Gasteiger charge is 2.26. The highest BCUT2D eigenvalue weighted by Crippen LogP contribution is 2.30. The summed E-state index contributed by atoms with van der Waals surface area (Å²) < 4.78 is 0. The van der Waals surface area contributed by atoms with Crippen molar-refractivity contribution in [2.75, 3.05) is 30.9 Å². The SMILES string of the molecule is Cc1cc(N(C)C)ccc1NC1CCCC1CN. The summed E-state index contributed by atoms with van der Waals surface area (Å²) in [5.74, 6) is 0.637. The number of aryl methyl sites for hydroxylation is 1. The molecule has 0 spiro atoms. The van der Waals surface area contributed by atoms with Gasteiger partial charge in [0.05, 0.1) is 0 Å². The highest BCUT2D eigenvalue weighted by molar-refractivity contribution is 5.60. The van der Waals surface area contributed by atoms with Gasteiger partial charge in [-0.1, -0.05) is 6.42 Å². The maximum atomic E-state index is 5.83. The second kappa shape index (κ2) is 5.61. The van der Waals surface area contributed by atoms with Crippen LogP contribution in [0.25, 0.3) is 0 Å². The number of anilines is 2. The Morgan fingerprint density at radius 2 is 2.11 bits per heavy atom. The standard InChI is InChI=1S/C15H25N3/c1-11-9-13(18(2)3)7-8-14(11)17-15-6-4-5-12(15)10-16/h7-9,12,15,17H,4-6,10,16H2,1-3H3. The van der Waals surface area contributed by atoms with Gasteiger partial charge in [-0.2, -0.15) is 0 Å². The normalized spacial score (nSPS) is 23.1. The van der Waals surface area contributed by atoms with Crippen molar-refractivity contribution in [2.45, 2.75) is 32.2 Å². The molecule has 18 heavy (non-hydrogen) atoms. The van der Waals surface area contributed by atoms with Crippen LogP contribution in [0, 0.1) is 12.8 Å². The third-order valence-electron chi connectivity index (χ3n) is 4.03. The zero-order valence-electron chi connectivity index (χ0n) is 11.7. The van der Waals surface area contributed by atoms with E-state index in [1.165, 1.54) is 36.2 Å². The van der Waals surface area contributed by atoms with E-state index in [9.17, 15) is 0 Å². The number of nitrogens with two attached hydrogens (primary N) is 1. The van der Waals surface area contributed by atoms with Gasteiger partial charge >= 0.3 is 0 Å². The first-order valence-corrected chi connectivity index (χ1v) is 6.86. The molecule has 1 fully saturated rings. The van der Waals surface area contributed by atoms with Crippen molar-refractivity contribution in [1.82, 2.24) is 0 Å². The average Bonchev–Trinajstić information content (AvgIpc) is 2.78. The van der Waals surface area contributed by atoms with E-state index in [-0.39, 0.29) is 0 Å². The molecule has 0 amide bonds. The van der Waals surface area contributed by atoms with E-state index in [0.717, 1.165) is 6.54 Å². The van der Waals surface area contributed by atoms with Gasteiger partial charge < -0.3 is 16.0 Å². The highest BCUT2D eigenvalue weighted by atomic mass is 15.1. The molecule has 2 unspecified atom stereocenters. The third kappa shape index (κ3) is 2.78.